The fraction of sp³-hybridized carbons (Fsp3) is 0.421. The van der Waals surface area contributed by atoms with Crippen molar-refractivity contribution in [2.75, 3.05) is 13.1 Å². The van der Waals surface area contributed by atoms with Gasteiger partial charge in [0.15, 0.2) is 0 Å². The van der Waals surface area contributed by atoms with Crippen LogP contribution in [0.4, 0.5) is 0 Å². The van der Waals surface area contributed by atoms with Gasteiger partial charge in [-0.25, -0.2) is 9.67 Å². The molecule has 140 valence electrons. The van der Waals surface area contributed by atoms with Crippen molar-refractivity contribution in [2.24, 2.45) is 0 Å². The molecule has 2 aromatic heterocycles. The van der Waals surface area contributed by atoms with Gasteiger partial charge in [-0.3, -0.25) is 4.79 Å². The van der Waals surface area contributed by atoms with E-state index in [0.717, 1.165) is 49.4 Å². The highest BCUT2D eigenvalue weighted by molar-refractivity contribution is 5.94. The summed E-state index contributed by atoms with van der Waals surface area (Å²) >= 11 is 0. The number of imidazole rings is 1. The Hall–Kier alpha value is -3.03. The van der Waals surface area contributed by atoms with E-state index in [-0.39, 0.29) is 5.91 Å². The number of tetrazole rings is 1. The van der Waals surface area contributed by atoms with Gasteiger partial charge in [0, 0.05) is 43.5 Å². The molecular weight excluding hydrogens is 342 g/mol. The predicted octanol–water partition coefficient (Wildman–Crippen LogP) is 1.96. The molecule has 1 aromatic carbocycles. The van der Waals surface area contributed by atoms with E-state index < -0.39 is 0 Å². The number of rotatable bonds is 5. The monoisotopic (exact) mass is 365 g/mol. The lowest BCUT2D eigenvalue weighted by molar-refractivity contribution is 0.0710. The van der Waals surface area contributed by atoms with Crippen LogP contribution < -0.4 is 0 Å². The summed E-state index contributed by atoms with van der Waals surface area (Å²) in [6, 6.07) is 7.69. The SMILES string of the molecule is CCn1ccnc1C1CCN(C(=O)c2ccc(Cn3cnnn3)cc2)CC1. The van der Waals surface area contributed by atoms with Crippen LogP contribution in [-0.2, 0) is 13.1 Å². The molecule has 27 heavy (non-hydrogen) atoms. The van der Waals surface area contributed by atoms with Gasteiger partial charge in [-0.15, -0.1) is 5.10 Å². The van der Waals surface area contributed by atoms with Gasteiger partial charge >= 0.3 is 0 Å². The molecule has 0 saturated carbocycles. The Labute approximate surface area is 157 Å². The summed E-state index contributed by atoms with van der Waals surface area (Å²) in [5, 5.41) is 11.1. The lowest BCUT2D eigenvalue weighted by Crippen LogP contribution is -2.38. The third-order valence-electron chi connectivity index (χ3n) is 5.17. The summed E-state index contributed by atoms with van der Waals surface area (Å²) in [6.45, 7) is 5.20. The molecule has 0 aliphatic carbocycles. The molecule has 1 saturated heterocycles. The molecule has 0 bridgehead atoms. The standard InChI is InChI=1S/C19H23N7O/c1-2-24-12-9-20-18(24)16-7-10-25(11-8-16)19(27)17-5-3-15(4-6-17)13-26-14-21-22-23-26/h3-6,9,12,14,16H,2,7-8,10-11,13H2,1H3. The number of nitrogens with zero attached hydrogens (tertiary/aromatic N) is 7. The van der Waals surface area contributed by atoms with Gasteiger partial charge in [0.2, 0.25) is 0 Å². The summed E-state index contributed by atoms with van der Waals surface area (Å²) in [5.41, 5.74) is 1.79. The first-order valence-electron chi connectivity index (χ1n) is 9.34. The van der Waals surface area contributed by atoms with Gasteiger partial charge in [0.25, 0.3) is 5.91 Å². The molecule has 4 rings (SSSR count). The fourth-order valence-corrected chi connectivity index (χ4v) is 3.66. The van der Waals surface area contributed by atoms with Crippen LogP contribution in [0.5, 0.6) is 0 Å². The highest BCUT2D eigenvalue weighted by Crippen LogP contribution is 2.27. The third-order valence-corrected chi connectivity index (χ3v) is 5.17. The van der Waals surface area contributed by atoms with Gasteiger partial charge in [-0.1, -0.05) is 12.1 Å². The minimum Gasteiger partial charge on any atom is -0.339 e. The minimum absolute atomic E-state index is 0.0984. The van der Waals surface area contributed by atoms with Gasteiger partial charge in [0.1, 0.15) is 12.2 Å². The summed E-state index contributed by atoms with van der Waals surface area (Å²) in [7, 11) is 0. The van der Waals surface area contributed by atoms with Crippen LogP contribution >= 0.6 is 0 Å². The van der Waals surface area contributed by atoms with Crippen LogP contribution in [0.1, 0.15) is 47.4 Å². The number of hydrogen-bond donors (Lipinski definition) is 0. The summed E-state index contributed by atoms with van der Waals surface area (Å²) in [4.78, 5) is 19.3. The van der Waals surface area contributed by atoms with Gasteiger partial charge in [-0.2, -0.15) is 0 Å². The zero-order valence-corrected chi connectivity index (χ0v) is 15.4. The maximum atomic E-state index is 12.8. The van der Waals surface area contributed by atoms with E-state index in [1.165, 1.54) is 0 Å². The van der Waals surface area contributed by atoms with E-state index in [1.807, 2.05) is 41.6 Å². The number of aryl methyl sites for hydroxylation is 1. The smallest absolute Gasteiger partial charge is 0.253 e. The fourth-order valence-electron chi connectivity index (χ4n) is 3.66. The van der Waals surface area contributed by atoms with Gasteiger partial charge in [0.05, 0.1) is 6.54 Å². The van der Waals surface area contributed by atoms with Crippen LogP contribution in [0.25, 0.3) is 0 Å². The molecule has 1 aliphatic heterocycles. The first-order valence-corrected chi connectivity index (χ1v) is 9.34. The van der Waals surface area contributed by atoms with Crippen molar-refractivity contribution in [3.05, 3.63) is 59.9 Å². The van der Waals surface area contributed by atoms with Crippen LogP contribution in [-0.4, -0.2) is 53.7 Å². The number of likely N-dealkylation sites (tertiary alicyclic amines) is 1. The molecule has 1 fully saturated rings. The highest BCUT2D eigenvalue weighted by Gasteiger charge is 2.26. The number of amides is 1. The van der Waals surface area contributed by atoms with Crippen molar-refractivity contribution in [1.82, 2.24) is 34.7 Å². The Morgan fingerprint density at radius 2 is 1.96 bits per heavy atom. The molecule has 3 heterocycles. The van der Waals surface area contributed by atoms with Crippen molar-refractivity contribution >= 4 is 5.91 Å². The van der Waals surface area contributed by atoms with Crippen molar-refractivity contribution in [1.29, 1.82) is 0 Å². The van der Waals surface area contributed by atoms with Gasteiger partial charge in [-0.05, 0) is 47.9 Å². The van der Waals surface area contributed by atoms with Gasteiger partial charge < -0.3 is 9.47 Å². The Morgan fingerprint density at radius 1 is 1.19 bits per heavy atom. The van der Waals surface area contributed by atoms with E-state index in [1.54, 1.807) is 11.0 Å². The predicted molar refractivity (Wildman–Crippen MR) is 99.1 cm³/mol. The number of benzene rings is 1. The summed E-state index contributed by atoms with van der Waals surface area (Å²) in [6.07, 6.45) is 7.39. The molecule has 0 N–H and O–H groups in total. The molecule has 0 radical (unpaired) electrons. The Bertz CT molecular complexity index is 877. The van der Waals surface area contributed by atoms with Crippen molar-refractivity contribution in [3.8, 4) is 0 Å². The van der Waals surface area contributed by atoms with Crippen molar-refractivity contribution < 1.29 is 4.79 Å². The molecule has 0 spiro atoms. The van der Waals surface area contributed by atoms with Crippen LogP contribution in [0.3, 0.4) is 0 Å². The number of hydrogen-bond acceptors (Lipinski definition) is 5. The maximum absolute atomic E-state index is 12.8. The van der Waals surface area contributed by atoms with E-state index in [4.69, 9.17) is 0 Å². The number of carbonyl (C=O) groups is 1. The number of carbonyl (C=O) groups excluding carboxylic acids is 1. The topological polar surface area (TPSA) is 81.7 Å². The first-order chi connectivity index (χ1) is 13.2. The quantitative estimate of drug-likeness (QED) is 0.690. The lowest BCUT2D eigenvalue weighted by Gasteiger charge is -2.32. The normalized spacial score (nSPS) is 15.2. The zero-order valence-electron chi connectivity index (χ0n) is 15.4. The second-order valence-corrected chi connectivity index (χ2v) is 6.84. The van der Waals surface area contributed by atoms with Crippen molar-refractivity contribution in [3.63, 3.8) is 0 Å². The molecule has 1 amide bonds. The van der Waals surface area contributed by atoms with E-state index in [9.17, 15) is 4.79 Å². The average molecular weight is 365 g/mol. The van der Waals surface area contributed by atoms with E-state index >= 15 is 0 Å². The average Bonchev–Trinajstić information content (AvgIpc) is 3.40. The van der Waals surface area contributed by atoms with Crippen molar-refractivity contribution in [2.45, 2.75) is 38.8 Å². The molecule has 0 unspecified atom stereocenters. The maximum Gasteiger partial charge on any atom is 0.253 e. The molecule has 1 aliphatic rings. The lowest BCUT2D eigenvalue weighted by atomic mass is 9.95. The summed E-state index contributed by atoms with van der Waals surface area (Å²) < 4.78 is 3.85. The zero-order chi connectivity index (χ0) is 18.6. The number of piperidine rings is 1. The minimum atomic E-state index is 0.0984. The van der Waals surface area contributed by atoms with Crippen LogP contribution in [0, 0.1) is 0 Å². The largest absolute Gasteiger partial charge is 0.339 e. The molecule has 0 atom stereocenters. The van der Waals surface area contributed by atoms with E-state index in [2.05, 4.69) is 32.0 Å². The Kier molecular flexibility index (Phi) is 4.95. The molecular formula is C19H23N7O. The first kappa shape index (κ1) is 17.4. The Morgan fingerprint density at radius 3 is 2.63 bits per heavy atom. The van der Waals surface area contributed by atoms with Crippen LogP contribution in [0.2, 0.25) is 0 Å². The second-order valence-electron chi connectivity index (χ2n) is 6.84. The molecule has 8 nitrogen and oxygen atoms in total. The molecule has 3 aromatic rings. The highest BCUT2D eigenvalue weighted by atomic mass is 16.2. The Balaban J connectivity index is 1.36. The number of aromatic nitrogens is 6. The van der Waals surface area contributed by atoms with E-state index in [0.29, 0.717) is 12.5 Å². The summed E-state index contributed by atoms with van der Waals surface area (Å²) in [5.74, 6) is 1.68. The van der Waals surface area contributed by atoms with Crippen LogP contribution in [0.15, 0.2) is 43.0 Å². The second kappa shape index (κ2) is 7.69. The third kappa shape index (κ3) is 3.74. The molecule has 8 heteroatoms.